The summed E-state index contributed by atoms with van der Waals surface area (Å²) in [6.45, 7) is 7.67. The molecule has 5 N–H and O–H groups in total. The van der Waals surface area contributed by atoms with Crippen LogP contribution < -0.4 is 22.1 Å². The van der Waals surface area contributed by atoms with Gasteiger partial charge in [-0.2, -0.15) is 0 Å². The number of aromatic amines is 1. The number of nitrogens with zero attached hydrogens (tertiary/aromatic N) is 3. The van der Waals surface area contributed by atoms with Gasteiger partial charge < -0.3 is 31.2 Å². The van der Waals surface area contributed by atoms with Crippen LogP contribution in [0.3, 0.4) is 0 Å². The highest BCUT2D eigenvalue weighted by molar-refractivity contribution is 6.33. The van der Waals surface area contributed by atoms with Gasteiger partial charge in [0, 0.05) is 51.2 Å². The van der Waals surface area contributed by atoms with Crippen molar-refractivity contribution in [1.29, 1.82) is 0 Å². The number of amides is 2. The van der Waals surface area contributed by atoms with E-state index < -0.39 is 5.92 Å². The highest BCUT2D eigenvalue weighted by Gasteiger charge is 2.34. The minimum atomic E-state index is -0.535. The Labute approximate surface area is 263 Å². The van der Waals surface area contributed by atoms with Crippen molar-refractivity contribution in [2.45, 2.75) is 57.5 Å². The number of fused-ring (bicyclic) bond motifs is 4. The van der Waals surface area contributed by atoms with Crippen LogP contribution in [0.5, 0.6) is 0 Å². The predicted octanol–water partition coefficient (Wildman–Crippen LogP) is 3.09. The minimum absolute atomic E-state index is 0.0189. The molecule has 0 saturated carbocycles. The van der Waals surface area contributed by atoms with Crippen molar-refractivity contribution >= 4 is 40.1 Å². The van der Waals surface area contributed by atoms with E-state index in [2.05, 4.69) is 20.5 Å². The summed E-state index contributed by atoms with van der Waals surface area (Å²) in [5, 5.41) is 7.21. The van der Waals surface area contributed by atoms with Crippen LogP contribution in [0.1, 0.15) is 49.3 Å². The Kier molecular flexibility index (Phi) is 9.30. The van der Waals surface area contributed by atoms with Gasteiger partial charge in [0.15, 0.2) is 0 Å². The first-order valence-electron chi connectivity index (χ1n) is 16.0. The van der Waals surface area contributed by atoms with E-state index >= 15 is 0 Å². The fourth-order valence-corrected chi connectivity index (χ4v) is 7.71. The van der Waals surface area contributed by atoms with Crippen LogP contribution >= 0.6 is 11.6 Å². The molecular formula is C33H44ClN7O3. The molecule has 0 radical (unpaired) electrons. The summed E-state index contributed by atoms with van der Waals surface area (Å²) in [5.41, 5.74) is 9.93. The molecule has 236 valence electrons. The Morgan fingerprint density at radius 2 is 1.82 bits per heavy atom. The number of likely N-dealkylation sites (tertiary alicyclic amines) is 1. The molecule has 4 aliphatic rings. The first-order valence-corrected chi connectivity index (χ1v) is 16.4. The number of nitrogens with two attached hydrogens (primary N) is 1. The van der Waals surface area contributed by atoms with Gasteiger partial charge >= 0.3 is 5.69 Å². The van der Waals surface area contributed by atoms with Crippen LogP contribution in [0.2, 0.25) is 5.02 Å². The topological polar surface area (TPSA) is 128 Å². The molecule has 4 fully saturated rings. The fraction of sp³-hybridized carbons (Fsp3) is 0.545. The standard InChI is InChI=1S/C33H44ClN7O3/c1-21-16-22(18-26(34)31(21)35)17-24(32(43)37-11-10-36-28-20-39-12-6-23(28)7-13-39)19-30(42)40-14-8-25(9-15-40)41-29-5-3-2-4-27(29)38-33(41)44/h2-5,16,18,23-25,28,36H,6-15,17,19-20,35H2,1H3,(H,37,43)(H,38,44)/t24-,28?/m0/s1. The number of rotatable bonds is 10. The highest BCUT2D eigenvalue weighted by Crippen LogP contribution is 2.29. The molecule has 3 aromatic rings. The molecule has 44 heavy (non-hydrogen) atoms. The number of carbonyl (C=O) groups excluding carboxylic acids is 2. The number of anilines is 1. The van der Waals surface area contributed by atoms with E-state index in [1.54, 1.807) is 6.07 Å². The van der Waals surface area contributed by atoms with Gasteiger partial charge in [-0.3, -0.25) is 14.2 Å². The number of nitrogen functional groups attached to an aromatic ring is 1. The van der Waals surface area contributed by atoms with Crippen LogP contribution in [0.15, 0.2) is 41.2 Å². The average Bonchev–Trinajstić information content (AvgIpc) is 3.37. The molecule has 5 heterocycles. The van der Waals surface area contributed by atoms with Crippen molar-refractivity contribution in [1.82, 2.24) is 30.0 Å². The largest absolute Gasteiger partial charge is 0.397 e. The molecular weight excluding hydrogens is 578 g/mol. The maximum atomic E-state index is 13.6. The number of benzene rings is 2. The Morgan fingerprint density at radius 3 is 2.52 bits per heavy atom. The van der Waals surface area contributed by atoms with Crippen LogP contribution in [0.4, 0.5) is 5.69 Å². The number of imidazole rings is 1. The number of aryl methyl sites for hydroxylation is 1. The highest BCUT2D eigenvalue weighted by atomic mass is 35.5. The molecule has 0 aliphatic carbocycles. The van der Waals surface area contributed by atoms with Crippen LogP contribution in [-0.4, -0.2) is 83.0 Å². The maximum Gasteiger partial charge on any atom is 0.326 e. The Morgan fingerprint density at radius 1 is 1.07 bits per heavy atom. The Hall–Kier alpha value is -3.34. The molecule has 1 aromatic heterocycles. The van der Waals surface area contributed by atoms with E-state index in [1.807, 2.05) is 46.7 Å². The van der Waals surface area contributed by atoms with Crippen molar-refractivity contribution in [3.8, 4) is 0 Å². The molecule has 11 heteroatoms. The lowest BCUT2D eigenvalue weighted by molar-refractivity contribution is -0.137. The first-order chi connectivity index (χ1) is 21.3. The van der Waals surface area contributed by atoms with E-state index in [-0.39, 0.29) is 30.0 Å². The lowest BCUT2D eigenvalue weighted by atomic mass is 9.84. The molecule has 7 rings (SSSR count). The fourth-order valence-electron chi connectivity index (χ4n) is 7.42. The zero-order valence-corrected chi connectivity index (χ0v) is 26.2. The quantitative estimate of drug-likeness (QED) is 0.203. The second kappa shape index (κ2) is 13.3. The average molecular weight is 622 g/mol. The number of piperidine rings is 4. The van der Waals surface area contributed by atoms with E-state index in [4.69, 9.17) is 17.3 Å². The van der Waals surface area contributed by atoms with E-state index in [1.165, 1.54) is 25.9 Å². The minimum Gasteiger partial charge on any atom is -0.397 e. The lowest BCUT2D eigenvalue weighted by Crippen LogP contribution is -2.56. The van der Waals surface area contributed by atoms with E-state index in [9.17, 15) is 14.4 Å². The van der Waals surface area contributed by atoms with Gasteiger partial charge in [-0.1, -0.05) is 29.8 Å². The number of para-hydroxylation sites is 2. The smallest absolute Gasteiger partial charge is 0.326 e. The van der Waals surface area contributed by atoms with Gasteiger partial charge in [-0.25, -0.2) is 4.79 Å². The Balaban J connectivity index is 1.07. The number of nitrogens with one attached hydrogen (secondary N) is 3. The summed E-state index contributed by atoms with van der Waals surface area (Å²) >= 11 is 6.38. The van der Waals surface area contributed by atoms with Crippen LogP contribution in [0.25, 0.3) is 11.0 Å². The third-order valence-corrected chi connectivity index (χ3v) is 10.3. The first kappa shape index (κ1) is 30.7. The van der Waals surface area contributed by atoms with Crippen molar-refractivity contribution in [2.75, 3.05) is 51.5 Å². The number of halogens is 1. The van der Waals surface area contributed by atoms with Gasteiger partial charge in [0.2, 0.25) is 11.8 Å². The van der Waals surface area contributed by atoms with Crippen molar-refractivity contribution in [3.63, 3.8) is 0 Å². The van der Waals surface area contributed by atoms with Crippen molar-refractivity contribution < 1.29 is 9.59 Å². The third-order valence-electron chi connectivity index (χ3n) is 9.96. The van der Waals surface area contributed by atoms with Gasteiger partial charge in [0.1, 0.15) is 0 Å². The lowest BCUT2D eigenvalue weighted by Gasteiger charge is -2.45. The number of aromatic nitrogens is 2. The van der Waals surface area contributed by atoms with Crippen molar-refractivity contribution in [3.05, 3.63) is 63.0 Å². The summed E-state index contributed by atoms with van der Waals surface area (Å²) in [4.78, 5) is 47.1. The molecule has 2 atom stereocenters. The summed E-state index contributed by atoms with van der Waals surface area (Å²) in [7, 11) is 0. The number of hydrogen-bond donors (Lipinski definition) is 4. The second-order valence-corrected chi connectivity index (χ2v) is 13.2. The molecule has 4 saturated heterocycles. The summed E-state index contributed by atoms with van der Waals surface area (Å²) in [6, 6.07) is 11.9. The van der Waals surface area contributed by atoms with Crippen LogP contribution in [0, 0.1) is 18.8 Å². The molecule has 2 aromatic carbocycles. The van der Waals surface area contributed by atoms with Gasteiger partial charge in [-0.15, -0.1) is 0 Å². The summed E-state index contributed by atoms with van der Waals surface area (Å²) in [5.74, 6) is 0.0177. The Bertz CT molecular complexity index is 1530. The third kappa shape index (κ3) is 6.67. The number of carbonyl (C=O) groups is 2. The predicted molar refractivity (Wildman–Crippen MR) is 174 cm³/mol. The maximum absolute atomic E-state index is 13.6. The zero-order chi connectivity index (χ0) is 30.8. The molecule has 2 bridgehead atoms. The molecule has 10 nitrogen and oxygen atoms in total. The monoisotopic (exact) mass is 621 g/mol. The molecule has 2 amide bonds. The SMILES string of the molecule is Cc1cc(C[C@@H](CC(=O)N2CCC(n3c(=O)[nH]c4ccccc43)CC2)C(=O)NCCNC2CN3CCC2CC3)cc(Cl)c1N. The van der Waals surface area contributed by atoms with E-state index in [0.717, 1.165) is 34.6 Å². The number of hydrogen-bond acceptors (Lipinski definition) is 6. The second-order valence-electron chi connectivity index (χ2n) is 12.8. The number of H-pyrrole nitrogens is 1. The molecule has 1 unspecified atom stereocenters. The van der Waals surface area contributed by atoms with Crippen molar-refractivity contribution in [2.24, 2.45) is 11.8 Å². The van der Waals surface area contributed by atoms with Gasteiger partial charge in [0.25, 0.3) is 0 Å². The normalized spacial score (nSPS) is 22.8. The summed E-state index contributed by atoms with van der Waals surface area (Å²) in [6.07, 6.45) is 4.36. The molecule has 0 spiro atoms. The van der Waals surface area contributed by atoms with E-state index in [0.29, 0.717) is 62.2 Å². The molecule has 4 aliphatic heterocycles. The summed E-state index contributed by atoms with van der Waals surface area (Å²) < 4.78 is 1.82. The van der Waals surface area contributed by atoms with Gasteiger partial charge in [-0.05, 0) is 87.4 Å². The zero-order valence-electron chi connectivity index (χ0n) is 25.5. The van der Waals surface area contributed by atoms with Crippen LogP contribution in [-0.2, 0) is 16.0 Å². The van der Waals surface area contributed by atoms with Gasteiger partial charge in [0.05, 0.1) is 27.7 Å².